The van der Waals surface area contributed by atoms with Crippen molar-refractivity contribution >= 4 is 5.71 Å². The number of hydrogen-bond acceptors (Lipinski definition) is 7. The van der Waals surface area contributed by atoms with Crippen molar-refractivity contribution in [2.45, 2.75) is 31.7 Å². The average molecular weight is 449 g/mol. The van der Waals surface area contributed by atoms with Gasteiger partial charge in [-0.3, -0.25) is 0 Å². The lowest BCUT2D eigenvalue weighted by molar-refractivity contribution is -0.0469. The number of oxime groups is 1. The molecule has 0 saturated carbocycles. The van der Waals surface area contributed by atoms with Gasteiger partial charge in [0.1, 0.15) is 37.5 Å². The van der Waals surface area contributed by atoms with Crippen LogP contribution in [0.5, 0.6) is 11.5 Å². The van der Waals surface area contributed by atoms with Gasteiger partial charge in [-0.1, -0.05) is 53.7 Å². The summed E-state index contributed by atoms with van der Waals surface area (Å²) in [4.78, 5) is 4.98. The van der Waals surface area contributed by atoms with E-state index in [0.29, 0.717) is 19.0 Å². The Balaban J connectivity index is 1.50. The molecule has 0 aliphatic heterocycles. The molecule has 2 aromatic rings. The third-order valence-corrected chi connectivity index (χ3v) is 5.22. The fourth-order valence-corrected chi connectivity index (χ4v) is 3.42. The van der Waals surface area contributed by atoms with E-state index in [9.17, 15) is 5.26 Å². The number of benzene rings is 2. The summed E-state index contributed by atoms with van der Waals surface area (Å²) >= 11 is 0. The molecule has 33 heavy (non-hydrogen) atoms. The first-order valence-electron chi connectivity index (χ1n) is 10.7. The summed E-state index contributed by atoms with van der Waals surface area (Å²) in [7, 11) is 1.53. The number of ether oxygens (including phenoxy) is 2. The van der Waals surface area contributed by atoms with Crippen molar-refractivity contribution in [1.29, 1.82) is 5.26 Å². The highest BCUT2D eigenvalue weighted by molar-refractivity contribution is 5.89. The van der Waals surface area contributed by atoms with Gasteiger partial charge in [-0.25, -0.2) is 0 Å². The minimum absolute atomic E-state index is 0.0294. The van der Waals surface area contributed by atoms with E-state index in [0.717, 1.165) is 29.0 Å². The fraction of sp³-hybridized carbons (Fsp3) is 0.308. The maximum atomic E-state index is 9.20. The Morgan fingerprint density at radius 2 is 1.76 bits per heavy atom. The van der Waals surface area contributed by atoms with Crippen LogP contribution in [0.3, 0.4) is 0 Å². The first-order chi connectivity index (χ1) is 16.1. The largest absolute Gasteiger partial charge is 0.489 e. The number of hydrogen-bond donors (Lipinski definition) is 2. The molecule has 0 heterocycles. The van der Waals surface area contributed by atoms with E-state index < -0.39 is 12.2 Å². The Morgan fingerprint density at radius 1 is 1.06 bits per heavy atom. The fourth-order valence-electron chi connectivity index (χ4n) is 3.42. The van der Waals surface area contributed by atoms with Gasteiger partial charge in [0.25, 0.3) is 0 Å². The first-order valence-corrected chi connectivity index (χ1v) is 10.7. The summed E-state index contributed by atoms with van der Waals surface area (Å²) in [5.41, 5.74) is 2.53. The second kappa shape index (κ2) is 12.4. The predicted molar refractivity (Wildman–Crippen MR) is 125 cm³/mol. The highest BCUT2D eigenvalue weighted by Crippen LogP contribution is 2.24. The molecular weight excluding hydrogens is 420 g/mol. The van der Waals surface area contributed by atoms with Crippen LogP contribution in [0, 0.1) is 17.2 Å². The van der Waals surface area contributed by atoms with Crippen LogP contribution in [0.15, 0.2) is 78.0 Å². The number of nitrogens with zero attached hydrogens (tertiary/aromatic N) is 2. The van der Waals surface area contributed by atoms with Gasteiger partial charge in [0, 0.05) is 12.3 Å². The lowest BCUT2D eigenvalue weighted by Gasteiger charge is -2.16. The zero-order chi connectivity index (χ0) is 23.5. The Hall–Kier alpha value is -3.60. The Kier molecular flexibility index (Phi) is 9.07. The van der Waals surface area contributed by atoms with Gasteiger partial charge >= 0.3 is 0 Å². The van der Waals surface area contributed by atoms with Crippen LogP contribution in [0.4, 0.5) is 0 Å². The zero-order valence-corrected chi connectivity index (χ0v) is 18.5. The van der Waals surface area contributed by atoms with Crippen LogP contribution in [0.2, 0.25) is 0 Å². The summed E-state index contributed by atoms with van der Waals surface area (Å²) in [5.74, 6) is 0.990. The molecule has 3 rings (SSSR count). The quantitative estimate of drug-likeness (QED) is 0.305. The van der Waals surface area contributed by atoms with Crippen LogP contribution in [0.1, 0.15) is 29.9 Å². The highest BCUT2D eigenvalue weighted by Gasteiger charge is 2.16. The molecule has 7 nitrogen and oxygen atoms in total. The molecule has 2 atom stereocenters. The lowest BCUT2D eigenvalue weighted by Crippen LogP contribution is -2.21. The van der Waals surface area contributed by atoms with Gasteiger partial charge in [-0.05, 0) is 41.8 Å². The van der Waals surface area contributed by atoms with Crippen LogP contribution in [-0.4, -0.2) is 35.9 Å². The molecule has 2 N–H and O–H groups in total. The summed E-state index contributed by atoms with van der Waals surface area (Å²) in [5, 5.41) is 31.5. The maximum Gasteiger partial charge on any atom is 0.153 e. The molecular formula is C26H28N2O5. The van der Waals surface area contributed by atoms with Gasteiger partial charge in [0.15, 0.2) is 6.29 Å². The lowest BCUT2D eigenvalue weighted by atomic mass is 9.96. The van der Waals surface area contributed by atoms with Crippen molar-refractivity contribution in [3.05, 3.63) is 84.0 Å². The minimum Gasteiger partial charge on any atom is -0.489 e. The topological polar surface area (TPSA) is 104 Å². The van der Waals surface area contributed by atoms with Gasteiger partial charge in [-0.2, -0.15) is 5.26 Å². The molecule has 0 aromatic heterocycles. The molecule has 172 valence electrons. The molecule has 0 bridgehead atoms. The molecule has 7 heteroatoms. The second-order valence-electron chi connectivity index (χ2n) is 7.61. The third-order valence-electron chi connectivity index (χ3n) is 5.22. The smallest absolute Gasteiger partial charge is 0.153 e. The second-order valence-corrected chi connectivity index (χ2v) is 7.61. The molecule has 2 aromatic carbocycles. The summed E-state index contributed by atoms with van der Waals surface area (Å²) in [6, 6.07) is 16.8. The molecule has 0 radical (unpaired) electrons. The van der Waals surface area contributed by atoms with E-state index >= 15 is 0 Å². The van der Waals surface area contributed by atoms with E-state index in [1.807, 2.05) is 36.4 Å². The SMILES string of the molecule is CON=C(COc1ccc(COc2ccc(C(C#N)CC(O)O)cc2)cc1)C1C=CC=CC1. The number of rotatable bonds is 11. The van der Waals surface area contributed by atoms with E-state index in [2.05, 4.69) is 23.4 Å². The van der Waals surface area contributed by atoms with Gasteiger partial charge in [0.05, 0.1) is 12.0 Å². The Labute approximate surface area is 193 Å². The minimum atomic E-state index is -1.52. The van der Waals surface area contributed by atoms with E-state index in [1.54, 1.807) is 24.3 Å². The number of nitriles is 1. The molecule has 1 aliphatic rings. The van der Waals surface area contributed by atoms with Gasteiger partial charge in [0.2, 0.25) is 0 Å². The van der Waals surface area contributed by atoms with Crippen LogP contribution < -0.4 is 9.47 Å². The predicted octanol–water partition coefficient (Wildman–Crippen LogP) is 4.09. The monoisotopic (exact) mass is 448 g/mol. The average Bonchev–Trinajstić information content (AvgIpc) is 2.85. The Morgan fingerprint density at radius 3 is 2.36 bits per heavy atom. The summed E-state index contributed by atoms with van der Waals surface area (Å²) < 4.78 is 11.7. The highest BCUT2D eigenvalue weighted by atomic mass is 16.6. The maximum absolute atomic E-state index is 9.20. The number of aliphatic hydroxyl groups is 2. The van der Waals surface area contributed by atoms with Crippen molar-refractivity contribution in [2.24, 2.45) is 11.1 Å². The normalized spacial score (nSPS) is 16.3. The van der Waals surface area contributed by atoms with Gasteiger partial charge < -0.3 is 24.5 Å². The molecule has 0 saturated heterocycles. The van der Waals surface area contributed by atoms with Crippen LogP contribution in [-0.2, 0) is 11.4 Å². The van der Waals surface area contributed by atoms with E-state index in [1.165, 1.54) is 7.11 Å². The van der Waals surface area contributed by atoms with Crippen molar-refractivity contribution < 1.29 is 24.5 Å². The van der Waals surface area contributed by atoms with E-state index in [-0.39, 0.29) is 12.3 Å². The molecule has 0 spiro atoms. The number of allylic oxidation sites excluding steroid dienone is 4. The number of aliphatic hydroxyl groups excluding tert-OH is 1. The van der Waals surface area contributed by atoms with E-state index in [4.69, 9.17) is 24.5 Å². The standard InChI is InChI=1S/C26H28N2O5/c1-31-28-25(21-5-3-2-4-6-21)18-33-23-11-7-19(8-12-23)17-32-24-13-9-20(10-14-24)22(16-27)15-26(29)30/h2-5,7-14,21-22,26,29-30H,6,15,17-18H2,1H3. The third kappa shape index (κ3) is 7.49. The zero-order valence-electron chi connectivity index (χ0n) is 18.5. The van der Waals surface area contributed by atoms with Crippen molar-refractivity contribution in [3.8, 4) is 17.6 Å². The van der Waals surface area contributed by atoms with Crippen LogP contribution >= 0.6 is 0 Å². The molecule has 1 aliphatic carbocycles. The molecule has 2 unspecified atom stereocenters. The first kappa shape index (κ1) is 24.1. The van der Waals surface area contributed by atoms with Crippen LogP contribution in [0.25, 0.3) is 0 Å². The Bertz CT molecular complexity index is 1000. The van der Waals surface area contributed by atoms with Crippen molar-refractivity contribution in [2.75, 3.05) is 13.7 Å². The van der Waals surface area contributed by atoms with Gasteiger partial charge in [-0.15, -0.1) is 0 Å². The molecule has 0 amide bonds. The van der Waals surface area contributed by atoms with Crippen molar-refractivity contribution in [3.63, 3.8) is 0 Å². The summed E-state index contributed by atoms with van der Waals surface area (Å²) in [6.07, 6.45) is 7.53. The van der Waals surface area contributed by atoms with Crippen molar-refractivity contribution in [1.82, 2.24) is 0 Å². The molecule has 0 fully saturated rings. The summed E-state index contributed by atoms with van der Waals surface area (Å²) in [6.45, 7) is 0.724.